The van der Waals surface area contributed by atoms with Crippen LogP contribution < -0.4 is 10.1 Å². The molecule has 5 N–H and O–H groups in total. The van der Waals surface area contributed by atoms with E-state index in [2.05, 4.69) is 5.32 Å². The van der Waals surface area contributed by atoms with E-state index in [1.165, 1.54) is 37.3 Å². The van der Waals surface area contributed by atoms with Crippen molar-refractivity contribution in [2.45, 2.75) is 51.6 Å². The summed E-state index contributed by atoms with van der Waals surface area (Å²) in [6, 6.07) is 2.64. The van der Waals surface area contributed by atoms with Crippen molar-refractivity contribution >= 4 is 23.7 Å². The third-order valence-electron chi connectivity index (χ3n) is 5.28. The molecule has 186 valence electrons. The lowest BCUT2D eigenvalue weighted by Crippen LogP contribution is -2.33. The molecule has 34 heavy (non-hydrogen) atoms. The highest BCUT2D eigenvalue weighted by molar-refractivity contribution is 5.97. The van der Waals surface area contributed by atoms with Crippen molar-refractivity contribution in [3.63, 3.8) is 0 Å². The van der Waals surface area contributed by atoms with E-state index in [1.54, 1.807) is 13.8 Å². The van der Waals surface area contributed by atoms with Crippen molar-refractivity contribution in [2.75, 3.05) is 13.2 Å². The quantitative estimate of drug-likeness (QED) is 0.384. The highest BCUT2D eigenvalue weighted by Gasteiger charge is 2.25. The Hall–Kier alpha value is -3.21. The molecule has 1 aromatic rings. The minimum absolute atomic E-state index is 0.0259. The molecular weight excluding hydrogens is 446 g/mol. The number of aliphatic hydroxyl groups is 3. The minimum atomic E-state index is -1.62. The number of hydrogen-bond donors (Lipinski definition) is 5. The zero-order valence-corrected chi connectivity index (χ0v) is 19.3. The molecule has 0 fully saturated rings. The van der Waals surface area contributed by atoms with Gasteiger partial charge >= 0.3 is 5.97 Å². The van der Waals surface area contributed by atoms with Crippen LogP contribution in [0.15, 0.2) is 30.4 Å². The number of amides is 1. The van der Waals surface area contributed by atoms with Crippen LogP contribution >= 0.6 is 0 Å². The first-order valence-corrected chi connectivity index (χ1v) is 10.9. The van der Waals surface area contributed by atoms with Gasteiger partial charge in [-0.1, -0.05) is 25.2 Å². The van der Waals surface area contributed by atoms with Gasteiger partial charge in [0.2, 0.25) is 5.91 Å². The number of phenols is 1. The Balaban J connectivity index is 2.35. The summed E-state index contributed by atoms with van der Waals surface area (Å²) in [5.41, 5.74) is 0.0745. The second-order valence-corrected chi connectivity index (χ2v) is 8.19. The Bertz CT molecular complexity index is 956. The van der Waals surface area contributed by atoms with E-state index in [-0.39, 0.29) is 42.4 Å². The monoisotopic (exact) mass is 477 g/mol. The first kappa shape index (κ1) is 27.0. The zero-order valence-electron chi connectivity index (χ0n) is 19.3. The lowest BCUT2D eigenvalue weighted by molar-refractivity contribution is -0.127. The maximum absolute atomic E-state index is 12.8. The highest BCUT2D eigenvalue weighted by Crippen LogP contribution is 2.31. The van der Waals surface area contributed by atoms with E-state index in [9.17, 15) is 34.8 Å². The van der Waals surface area contributed by atoms with Gasteiger partial charge in [0, 0.05) is 25.5 Å². The number of nitrogens with one attached hydrogen (secondary N) is 1. The summed E-state index contributed by atoms with van der Waals surface area (Å²) in [4.78, 5) is 35.9. The first-order chi connectivity index (χ1) is 16.0. The van der Waals surface area contributed by atoms with E-state index in [0.717, 1.165) is 6.08 Å². The van der Waals surface area contributed by atoms with Gasteiger partial charge in [0.1, 0.15) is 42.0 Å². The molecule has 0 bridgehead atoms. The van der Waals surface area contributed by atoms with E-state index in [4.69, 9.17) is 9.47 Å². The number of aliphatic hydroxyl groups excluding tert-OH is 3. The Labute approximate surface area is 197 Å². The molecule has 0 saturated heterocycles. The number of aromatic hydroxyl groups is 1. The zero-order chi connectivity index (χ0) is 25.4. The van der Waals surface area contributed by atoms with Crippen LogP contribution in [0.25, 0.3) is 6.08 Å². The molecule has 5 atom stereocenters. The predicted octanol–water partition coefficient (Wildman–Crippen LogP) is 0.713. The summed E-state index contributed by atoms with van der Waals surface area (Å²) in [5.74, 6) is -2.46. The van der Waals surface area contributed by atoms with Crippen molar-refractivity contribution in [1.82, 2.24) is 5.32 Å². The number of carbonyl (C=O) groups excluding carboxylic acids is 3. The molecule has 0 aliphatic carbocycles. The maximum atomic E-state index is 12.8. The van der Waals surface area contributed by atoms with E-state index < -0.39 is 47.8 Å². The van der Waals surface area contributed by atoms with Crippen LogP contribution in [-0.2, 0) is 14.3 Å². The van der Waals surface area contributed by atoms with Crippen molar-refractivity contribution < 1.29 is 44.3 Å². The van der Waals surface area contributed by atoms with Gasteiger partial charge in [-0.15, -0.1) is 0 Å². The van der Waals surface area contributed by atoms with Gasteiger partial charge in [0.25, 0.3) is 0 Å². The molecule has 1 amide bonds. The summed E-state index contributed by atoms with van der Waals surface area (Å²) in [6.07, 6.45) is 0.690. The van der Waals surface area contributed by atoms with Gasteiger partial charge in [0.15, 0.2) is 5.78 Å². The fourth-order valence-electron chi connectivity index (χ4n) is 3.06. The molecular formula is C24H31NO9. The van der Waals surface area contributed by atoms with Crippen LogP contribution in [0.1, 0.15) is 43.1 Å². The van der Waals surface area contributed by atoms with E-state index in [1.807, 2.05) is 0 Å². The maximum Gasteiger partial charge on any atom is 0.342 e. The fourth-order valence-corrected chi connectivity index (χ4v) is 3.06. The number of carbonyl (C=O) groups is 3. The molecule has 3 unspecified atom stereocenters. The smallest absolute Gasteiger partial charge is 0.342 e. The van der Waals surface area contributed by atoms with Crippen LogP contribution in [0.4, 0.5) is 0 Å². The van der Waals surface area contributed by atoms with Crippen LogP contribution in [0, 0.1) is 5.92 Å². The summed E-state index contributed by atoms with van der Waals surface area (Å²) < 4.78 is 11.0. The van der Waals surface area contributed by atoms with Crippen LogP contribution in [0.2, 0.25) is 0 Å². The minimum Gasteiger partial charge on any atom is -0.507 e. The van der Waals surface area contributed by atoms with Crippen LogP contribution in [0.3, 0.4) is 0 Å². The molecule has 0 saturated carbocycles. The average molecular weight is 478 g/mol. The van der Waals surface area contributed by atoms with Crippen molar-refractivity contribution in [3.8, 4) is 11.5 Å². The Morgan fingerprint density at radius 2 is 1.94 bits per heavy atom. The fraction of sp³-hybridized carbons (Fsp3) is 0.458. The Kier molecular flexibility index (Phi) is 9.79. The van der Waals surface area contributed by atoms with Gasteiger partial charge in [-0.05, 0) is 31.1 Å². The van der Waals surface area contributed by atoms with Crippen LogP contribution in [0.5, 0.6) is 11.5 Å². The number of fused-ring (bicyclic) bond motifs is 1. The van der Waals surface area contributed by atoms with E-state index in [0.29, 0.717) is 0 Å². The number of benzene rings is 1. The van der Waals surface area contributed by atoms with Crippen molar-refractivity contribution in [2.24, 2.45) is 5.92 Å². The van der Waals surface area contributed by atoms with E-state index >= 15 is 0 Å². The normalized spacial score (nSPS) is 26.4. The molecule has 10 heteroatoms. The summed E-state index contributed by atoms with van der Waals surface area (Å²) in [7, 11) is 0. The lowest BCUT2D eigenvalue weighted by atomic mass is 9.99. The summed E-state index contributed by atoms with van der Waals surface area (Å²) >= 11 is 0. The molecule has 2 rings (SSSR count). The number of cyclic esters (lactones) is 1. The SMILES string of the molecule is CC(=O)NCC(O)COc1cc(O)c2c(c1)/C=C/CC(O)C(O)C(=O)/C=C\[C@@H](C)[C@H](C)OC2=O. The topological polar surface area (TPSA) is 163 Å². The second-order valence-electron chi connectivity index (χ2n) is 8.19. The van der Waals surface area contributed by atoms with Crippen molar-refractivity contribution in [3.05, 3.63) is 41.5 Å². The molecule has 1 heterocycles. The number of ketones is 1. The molecule has 1 aromatic carbocycles. The third-order valence-corrected chi connectivity index (χ3v) is 5.28. The van der Waals surface area contributed by atoms with Crippen molar-refractivity contribution in [1.29, 1.82) is 0 Å². The van der Waals surface area contributed by atoms with Crippen LogP contribution in [-0.4, -0.2) is 75.7 Å². The average Bonchev–Trinajstić information content (AvgIpc) is 2.77. The standard InChI is InChI=1S/C24H31NO9/c1-13-7-8-20(29)23(31)19(28)6-4-5-16-9-18(33-12-17(27)11-25-15(3)26)10-21(30)22(16)24(32)34-14(13)2/h4-5,7-10,13-14,17,19,23,27-28,30-31H,6,11-12H2,1-3H3,(H,25,26)/b5-4+,8-7-/t13-,14+,17?,19?,23?/m1/s1. The van der Waals surface area contributed by atoms with Gasteiger partial charge in [0.05, 0.1) is 6.10 Å². The molecule has 0 radical (unpaired) electrons. The molecule has 1 aliphatic rings. The molecule has 10 nitrogen and oxygen atoms in total. The first-order valence-electron chi connectivity index (χ1n) is 10.9. The van der Waals surface area contributed by atoms with Gasteiger partial charge in [-0.2, -0.15) is 0 Å². The van der Waals surface area contributed by atoms with Gasteiger partial charge in [-0.3, -0.25) is 9.59 Å². The predicted molar refractivity (Wildman–Crippen MR) is 122 cm³/mol. The number of ether oxygens (including phenoxy) is 2. The number of hydrogen-bond acceptors (Lipinski definition) is 9. The second kappa shape index (κ2) is 12.3. The molecule has 0 spiro atoms. The molecule has 0 aromatic heterocycles. The number of phenolic OH excluding ortho intramolecular Hbond substituents is 1. The lowest BCUT2D eigenvalue weighted by Gasteiger charge is -2.20. The van der Waals surface area contributed by atoms with Gasteiger partial charge < -0.3 is 35.2 Å². The summed E-state index contributed by atoms with van der Waals surface area (Å²) in [5, 5.41) is 43.1. The molecule has 1 aliphatic heterocycles. The third kappa shape index (κ3) is 7.68. The summed E-state index contributed by atoms with van der Waals surface area (Å²) in [6.45, 7) is 4.42. The number of esters is 1. The Morgan fingerprint density at radius 3 is 2.62 bits per heavy atom. The highest BCUT2D eigenvalue weighted by atomic mass is 16.5. The Morgan fingerprint density at radius 1 is 1.24 bits per heavy atom. The van der Waals surface area contributed by atoms with Gasteiger partial charge in [-0.25, -0.2) is 4.79 Å². The largest absolute Gasteiger partial charge is 0.507 e. The number of rotatable bonds is 5.